The van der Waals surface area contributed by atoms with Gasteiger partial charge in [0.25, 0.3) is 5.91 Å². The molecule has 0 aliphatic carbocycles. The van der Waals surface area contributed by atoms with Crippen molar-refractivity contribution in [2.45, 2.75) is 46.2 Å². The van der Waals surface area contributed by atoms with E-state index in [1.165, 1.54) is 12.1 Å². The van der Waals surface area contributed by atoms with E-state index in [1.54, 1.807) is 24.0 Å². The second-order valence-corrected chi connectivity index (χ2v) is 7.55. The van der Waals surface area contributed by atoms with Crippen molar-refractivity contribution in [2.24, 2.45) is 5.92 Å². The molecule has 2 heterocycles. The Kier molecular flexibility index (Phi) is 5.30. The highest BCUT2D eigenvalue weighted by Crippen LogP contribution is 2.25. The summed E-state index contributed by atoms with van der Waals surface area (Å²) in [5.74, 6) is -0.291. The number of carbonyl (C=O) groups excluding carboxylic acids is 2. The molecule has 2 amide bonds. The van der Waals surface area contributed by atoms with Crippen LogP contribution in [0, 0.1) is 18.7 Å². The molecule has 1 fully saturated rings. The first-order valence-electron chi connectivity index (χ1n) is 9.11. The number of amides is 2. The average molecular weight is 373 g/mol. The molecule has 2 aromatic rings. The van der Waals surface area contributed by atoms with Crippen LogP contribution in [0.5, 0.6) is 0 Å². The molecule has 2 atom stereocenters. The van der Waals surface area contributed by atoms with Crippen LogP contribution < -0.4 is 5.32 Å². The van der Waals surface area contributed by atoms with E-state index in [2.05, 4.69) is 10.5 Å². The minimum Gasteiger partial charge on any atom is -0.355 e. The number of benzene rings is 1. The smallest absolute Gasteiger partial charge is 0.276 e. The van der Waals surface area contributed by atoms with E-state index >= 15 is 0 Å². The van der Waals surface area contributed by atoms with Gasteiger partial charge in [-0.05, 0) is 37.8 Å². The molecule has 27 heavy (non-hydrogen) atoms. The molecule has 1 aromatic carbocycles. The maximum absolute atomic E-state index is 13.8. The number of hydrogen-bond acceptors (Lipinski definition) is 4. The Labute approximate surface area is 157 Å². The molecule has 0 bridgehead atoms. The van der Waals surface area contributed by atoms with Crippen molar-refractivity contribution in [3.8, 4) is 11.3 Å². The normalized spacial score (nSPS) is 20.1. The van der Waals surface area contributed by atoms with Crippen LogP contribution in [0.1, 0.15) is 43.2 Å². The maximum atomic E-state index is 13.8. The van der Waals surface area contributed by atoms with Crippen LogP contribution in [0.4, 0.5) is 4.39 Å². The van der Waals surface area contributed by atoms with Gasteiger partial charge in [-0.15, -0.1) is 0 Å². The highest BCUT2D eigenvalue weighted by molar-refractivity contribution is 5.97. The molecule has 3 rings (SSSR count). The van der Waals surface area contributed by atoms with Crippen LogP contribution in [0.3, 0.4) is 0 Å². The molecule has 0 radical (unpaired) electrons. The third kappa shape index (κ3) is 4.02. The zero-order valence-corrected chi connectivity index (χ0v) is 16.0. The molecule has 1 N–H and O–H groups in total. The number of nitrogens with zero attached hydrogens (tertiary/aromatic N) is 2. The second kappa shape index (κ2) is 7.50. The van der Waals surface area contributed by atoms with Crippen molar-refractivity contribution in [1.82, 2.24) is 15.4 Å². The number of rotatable bonds is 4. The van der Waals surface area contributed by atoms with Gasteiger partial charge in [-0.25, -0.2) is 4.39 Å². The summed E-state index contributed by atoms with van der Waals surface area (Å²) < 4.78 is 19.1. The quantitative estimate of drug-likeness (QED) is 0.893. The molecule has 2 unspecified atom stereocenters. The number of carbonyl (C=O) groups is 2. The summed E-state index contributed by atoms with van der Waals surface area (Å²) in [6.07, 6.45) is 0.568. The summed E-state index contributed by atoms with van der Waals surface area (Å²) in [4.78, 5) is 26.9. The van der Waals surface area contributed by atoms with Crippen LogP contribution >= 0.6 is 0 Å². The Morgan fingerprint density at radius 3 is 2.81 bits per heavy atom. The Morgan fingerprint density at radius 2 is 2.15 bits per heavy atom. The van der Waals surface area contributed by atoms with Crippen molar-refractivity contribution >= 4 is 11.8 Å². The first-order chi connectivity index (χ1) is 12.8. The van der Waals surface area contributed by atoms with Gasteiger partial charge in [-0.3, -0.25) is 9.59 Å². The lowest BCUT2D eigenvalue weighted by Crippen LogP contribution is -2.61. The topological polar surface area (TPSA) is 75.4 Å². The summed E-state index contributed by atoms with van der Waals surface area (Å²) >= 11 is 0. The fourth-order valence-corrected chi connectivity index (χ4v) is 3.26. The third-order valence-corrected chi connectivity index (χ3v) is 4.68. The van der Waals surface area contributed by atoms with Gasteiger partial charge in [0.2, 0.25) is 5.91 Å². The van der Waals surface area contributed by atoms with Crippen molar-refractivity contribution < 1.29 is 18.5 Å². The first kappa shape index (κ1) is 19.1. The molecule has 1 saturated heterocycles. The van der Waals surface area contributed by atoms with Gasteiger partial charge in [0.05, 0.1) is 0 Å². The average Bonchev–Trinajstić information content (AvgIpc) is 3.08. The molecule has 144 valence electrons. The highest BCUT2D eigenvalue weighted by atomic mass is 19.1. The Balaban J connectivity index is 1.86. The molecule has 0 spiro atoms. The summed E-state index contributed by atoms with van der Waals surface area (Å²) in [6.45, 7) is 7.95. The van der Waals surface area contributed by atoms with E-state index in [0.29, 0.717) is 29.9 Å². The predicted octanol–water partition coefficient (Wildman–Crippen LogP) is 3.16. The Bertz CT molecular complexity index is 862. The van der Waals surface area contributed by atoms with Crippen LogP contribution in [0.25, 0.3) is 11.3 Å². The van der Waals surface area contributed by atoms with E-state index < -0.39 is 6.04 Å². The lowest BCUT2D eigenvalue weighted by Gasteiger charge is -2.38. The van der Waals surface area contributed by atoms with E-state index in [-0.39, 0.29) is 35.3 Å². The fraction of sp³-hybridized carbons (Fsp3) is 0.450. The Hall–Kier alpha value is -2.70. The second-order valence-electron chi connectivity index (χ2n) is 7.55. The molecule has 6 nitrogen and oxygen atoms in total. The van der Waals surface area contributed by atoms with Gasteiger partial charge < -0.3 is 14.7 Å². The zero-order valence-electron chi connectivity index (χ0n) is 16.0. The largest absolute Gasteiger partial charge is 0.355 e. The highest BCUT2D eigenvalue weighted by Gasteiger charge is 2.37. The molecule has 1 aliphatic heterocycles. The fourth-order valence-electron chi connectivity index (χ4n) is 3.26. The molecule has 1 aliphatic rings. The molecule has 0 saturated carbocycles. The number of aryl methyl sites for hydroxylation is 1. The Morgan fingerprint density at radius 1 is 1.41 bits per heavy atom. The SMILES string of the molecule is Cc1ccc(-c2cc(C(=O)N3CC(C)NC(=O)C3CC(C)C)no2)cc1F. The van der Waals surface area contributed by atoms with E-state index in [1.807, 2.05) is 20.8 Å². The molecular weight excluding hydrogens is 349 g/mol. The summed E-state index contributed by atoms with van der Waals surface area (Å²) in [5, 5.41) is 6.76. The zero-order chi connectivity index (χ0) is 19.7. The predicted molar refractivity (Wildman–Crippen MR) is 98.5 cm³/mol. The minimum absolute atomic E-state index is 0.113. The number of piperazine rings is 1. The van der Waals surface area contributed by atoms with Crippen molar-refractivity contribution in [3.05, 3.63) is 41.3 Å². The standard InChI is InChI=1S/C20H24FN3O3/c1-11(2)7-17-19(25)22-13(4)10-24(17)20(26)16-9-18(27-23-16)14-6-5-12(3)15(21)8-14/h5-6,8-9,11,13,17H,7,10H2,1-4H3,(H,22,25). The first-order valence-corrected chi connectivity index (χ1v) is 9.11. The van der Waals surface area contributed by atoms with Gasteiger partial charge in [0.15, 0.2) is 11.5 Å². The summed E-state index contributed by atoms with van der Waals surface area (Å²) in [6, 6.07) is 5.53. The third-order valence-electron chi connectivity index (χ3n) is 4.68. The summed E-state index contributed by atoms with van der Waals surface area (Å²) in [5.41, 5.74) is 1.15. The van der Waals surface area contributed by atoms with E-state index in [0.717, 1.165) is 0 Å². The van der Waals surface area contributed by atoms with Gasteiger partial charge in [-0.1, -0.05) is 31.1 Å². The van der Waals surface area contributed by atoms with Gasteiger partial charge in [0, 0.05) is 24.2 Å². The lowest BCUT2D eigenvalue weighted by molar-refractivity contribution is -0.129. The minimum atomic E-state index is -0.536. The maximum Gasteiger partial charge on any atom is 0.276 e. The van der Waals surface area contributed by atoms with Gasteiger partial charge in [-0.2, -0.15) is 0 Å². The monoisotopic (exact) mass is 373 g/mol. The number of hydrogen-bond donors (Lipinski definition) is 1. The van der Waals surface area contributed by atoms with Crippen LogP contribution in [0.15, 0.2) is 28.8 Å². The number of aromatic nitrogens is 1. The number of halogens is 1. The van der Waals surface area contributed by atoms with Crippen molar-refractivity contribution in [3.63, 3.8) is 0 Å². The molecular formula is C20H24FN3O3. The van der Waals surface area contributed by atoms with E-state index in [4.69, 9.17) is 4.52 Å². The number of nitrogens with one attached hydrogen (secondary N) is 1. The van der Waals surface area contributed by atoms with Crippen molar-refractivity contribution in [2.75, 3.05) is 6.54 Å². The molecule has 1 aromatic heterocycles. The van der Waals surface area contributed by atoms with Crippen LogP contribution in [-0.4, -0.2) is 40.5 Å². The van der Waals surface area contributed by atoms with Gasteiger partial charge in [0.1, 0.15) is 11.9 Å². The summed E-state index contributed by atoms with van der Waals surface area (Å²) in [7, 11) is 0. The van der Waals surface area contributed by atoms with Crippen molar-refractivity contribution in [1.29, 1.82) is 0 Å². The van der Waals surface area contributed by atoms with Crippen LogP contribution in [0.2, 0.25) is 0 Å². The van der Waals surface area contributed by atoms with Crippen LogP contribution in [-0.2, 0) is 4.79 Å². The van der Waals surface area contributed by atoms with E-state index in [9.17, 15) is 14.0 Å². The van der Waals surface area contributed by atoms with Gasteiger partial charge >= 0.3 is 0 Å². The lowest BCUT2D eigenvalue weighted by atomic mass is 9.98. The molecule has 7 heteroatoms.